The number of nitrogens with one attached hydrogen (secondary N) is 3. The summed E-state index contributed by atoms with van der Waals surface area (Å²) < 4.78 is 37.5. The maximum absolute atomic E-state index is 12.5. The largest absolute Gasteiger partial charge is 0.401 e. The van der Waals surface area contributed by atoms with Gasteiger partial charge in [-0.1, -0.05) is 12.1 Å². The molecule has 0 radical (unpaired) electrons. The molecule has 1 saturated heterocycles. The van der Waals surface area contributed by atoms with Gasteiger partial charge in [0.05, 0.1) is 6.54 Å². The summed E-state index contributed by atoms with van der Waals surface area (Å²) in [5, 5.41) is 7.76. The van der Waals surface area contributed by atoms with Gasteiger partial charge in [-0.2, -0.15) is 13.2 Å². The van der Waals surface area contributed by atoms with Crippen LogP contribution in [0, 0.1) is 12.8 Å². The molecule has 3 rings (SSSR count). The molecule has 0 amide bonds. The SMILES string of the molecule is CN=C(NCCc1c[nH]c2cc(C)ccc12)NCC1CCN(CC(F)(F)F)C1.I. The number of nitrogens with zero attached hydrogens (tertiary/aromatic N) is 2. The molecule has 162 valence electrons. The monoisotopic (exact) mass is 523 g/mol. The summed E-state index contributed by atoms with van der Waals surface area (Å²) in [6.45, 7) is 3.58. The van der Waals surface area contributed by atoms with E-state index in [2.05, 4.69) is 45.7 Å². The number of rotatable bonds is 6. The third-order valence-electron chi connectivity index (χ3n) is 5.16. The molecule has 1 aliphatic heterocycles. The number of aliphatic imine (C=N–C) groups is 1. The molecule has 0 bridgehead atoms. The second-order valence-electron chi connectivity index (χ2n) is 7.50. The minimum absolute atomic E-state index is 0. The van der Waals surface area contributed by atoms with Gasteiger partial charge >= 0.3 is 6.18 Å². The number of guanidine groups is 1. The summed E-state index contributed by atoms with van der Waals surface area (Å²) in [7, 11) is 1.70. The Bertz CT molecular complexity index is 818. The normalized spacial score (nSPS) is 18.1. The molecule has 1 unspecified atom stereocenters. The van der Waals surface area contributed by atoms with E-state index in [9.17, 15) is 13.2 Å². The van der Waals surface area contributed by atoms with Crippen molar-refractivity contribution in [1.29, 1.82) is 0 Å². The third kappa shape index (κ3) is 7.06. The lowest BCUT2D eigenvalue weighted by molar-refractivity contribution is -0.143. The summed E-state index contributed by atoms with van der Waals surface area (Å²) >= 11 is 0. The van der Waals surface area contributed by atoms with Gasteiger partial charge in [0.2, 0.25) is 0 Å². The molecule has 1 aliphatic rings. The Labute approximate surface area is 186 Å². The Morgan fingerprint density at radius 1 is 1.31 bits per heavy atom. The molecule has 29 heavy (non-hydrogen) atoms. The topological polar surface area (TPSA) is 55.5 Å². The molecule has 1 atom stereocenters. The number of aryl methyl sites for hydroxylation is 1. The number of hydrogen-bond donors (Lipinski definition) is 3. The molecule has 0 saturated carbocycles. The first-order valence-electron chi connectivity index (χ1n) is 9.64. The number of aromatic nitrogens is 1. The van der Waals surface area contributed by atoms with Crippen molar-refractivity contribution in [3.05, 3.63) is 35.5 Å². The molecule has 2 heterocycles. The first-order valence-corrected chi connectivity index (χ1v) is 9.64. The van der Waals surface area contributed by atoms with Gasteiger partial charge in [-0.25, -0.2) is 0 Å². The van der Waals surface area contributed by atoms with Gasteiger partial charge < -0.3 is 15.6 Å². The van der Waals surface area contributed by atoms with Crippen molar-refractivity contribution in [3.63, 3.8) is 0 Å². The van der Waals surface area contributed by atoms with Crippen molar-refractivity contribution < 1.29 is 13.2 Å². The summed E-state index contributed by atoms with van der Waals surface area (Å²) in [6, 6.07) is 6.38. The highest BCUT2D eigenvalue weighted by molar-refractivity contribution is 14.0. The van der Waals surface area contributed by atoms with E-state index in [1.54, 1.807) is 7.05 Å². The van der Waals surface area contributed by atoms with Crippen LogP contribution in [0.5, 0.6) is 0 Å². The average molecular weight is 523 g/mol. The van der Waals surface area contributed by atoms with Gasteiger partial charge in [0.25, 0.3) is 0 Å². The molecule has 1 fully saturated rings. The van der Waals surface area contributed by atoms with Crippen LogP contribution in [0.3, 0.4) is 0 Å². The van der Waals surface area contributed by atoms with Crippen molar-refractivity contribution in [2.24, 2.45) is 10.9 Å². The van der Waals surface area contributed by atoms with E-state index < -0.39 is 12.7 Å². The van der Waals surface area contributed by atoms with Gasteiger partial charge in [-0.15, -0.1) is 24.0 Å². The predicted molar refractivity (Wildman–Crippen MR) is 122 cm³/mol. The molecule has 1 aromatic heterocycles. The van der Waals surface area contributed by atoms with Gasteiger partial charge in [-0.3, -0.25) is 9.89 Å². The molecule has 1 aromatic carbocycles. The van der Waals surface area contributed by atoms with Gasteiger partial charge in [0, 0.05) is 43.8 Å². The maximum Gasteiger partial charge on any atom is 0.401 e. The highest BCUT2D eigenvalue weighted by Gasteiger charge is 2.34. The van der Waals surface area contributed by atoms with Crippen LogP contribution in [0.1, 0.15) is 17.5 Å². The average Bonchev–Trinajstić information content (AvgIpc) is 3.23. The zero-order chi connectivity index (χ0) is 20.1. The van der Waals surface area contributed by atoms with E-state index >= 15 is 0 Å². The number of fused-ring (bicyclic) bond motifs is 1. The van der Waals surface area contributed by atoms with Crippen LogP contribution in [-0.4, -0.2) is 61.8 Å². The van der Waals surface area contributed by atoms with E-state index in [0.717, 1.165) is 24.9 Å². The number of hydrogen-bond acceptors (Lipinski definition) is 2. The number of alkyl halides is 3. The Kier molecular flexibility index (Phi) is 8.62. The fourth-order valence-electron chi connectivity index (χ4n) is 3.76. The molecule has 5 nitrogen and oxygen atoms in total. The zero-order valence-electron chi connectivity index (χ0n) is 16.8. The number of aromatic amines is 1. The summed E-state index contributed by atoms with van der Waals surface area (Å²) in [5.74, 6) is 0.891. The smallest absolute Gasteiger partial charge is 0.361 e. The minimum atomic E-state index is -4.12. The first kappa shape index (κ1) is 23.8. The molecule has 0 aliphatic carbocycles. The van der Waals surface area contributed by atoms with Crippen LogP contribution in [0.25, 0.3) is 10.9 Å². The quantitative estimate of drug-likeness (QED) is 0.308. The van der Waals surface area contributed by atoms with Crippen LogP contribution in [0.4, 0.5) is 13.2 Å². The highest BCUT2D eigenvalue weighted by Crippen LogP contribution is 2.22. The van der Waals surface area contributed by atoms with Crippen molar-refractivity contribution in [3.8, 4) is 0 Å². The van der Waals surface area contributed by atoms with E-state index in [4.69, 9.17) is 0 Å². The Balaban J connectivity index is 0.00000300. The van der Waals surface area contributed by atoms with Crippen molar-refractivity contribution in [2.45, 2.75) is 25.9 Å². The third-order valence-corrected chi connectivity index (χ3v) is 5.16. The van der Waals surface area contributed by atoms with Crippen LogP contribution in [-0.2, 0) is 6.42 Å². The maximum atomic E-state index is 12.5. The lowest BCUT2D eigenvalue weighted by atomic mass is 10.1. The van der Waals surface area contributed by atoms with E-state index in [1.807, 2.05) is 6.20 Å². The second kappa shape index (κ2) is 10.5. The molecular formula is C20H29F3IN5. The number of H-pyrrole nitrogens is 1. The second-order valence-corrected chi connectivity index (χ2v) is 7.50. The van der Waals surface area contributed by atoms with E-state index in [1.165, 1.54) is 21.4 Å². The fourth-order valence-corrected chi connectivity index (χ4v) is 3.76. The van der Waals surface area contributed by atoms with Crippen LogP contribution < -0.4 is 10.6 Å². The lowest BCUT2D eigenvalue weighted by Gasteiger charge is -2.18. The van der Waals surface area contributed by atoms with E-state index in [0.29, 0.717) is 25.6 Å². The summed E-state index contributed by atoms with van der Waals surface area (Å²) in [4.78, 5) is 8.99. The highest BCUT2D eigenvalue weighted by atomic mass is 127. The molecule has 2 aromatic rings. The number of benzene rings is 1. The zero-order valence-corrected chi connectivity index (χ0v) is 19.1. The van der Waals surface area contributed by atoms with Crippen LogP contribution in [0.15, 0.2) is 29.4 Å². The summed E-state index contributed by atoms with van der Waals surface area (Å²) in [5.41, 5.74) is 3.61. The van der Waals surface area contributed by atoms with Gasteiger partial charge in [-0.05, 0) is 49.4 Å². The Morgan fingerprint density at radius 3 is 2.83 bits per heavy atom. The number of halogens is 4. The lowest BCUT2D eigenvalue weighted by Crippen LogP contribution is -2.41. The molecule has 9 heteroatoms. The van der Waals surface area contributed by atoms with Gasteiger partial charge in [0.1, 0.15) is 0 Å². The first-order chi connectivity index (χ1) is 13.3. The standard InChI is InChI=1S/C20H28F3N5.HI/c1-14-3-4-17-16(11-26-18(17)9-14)5-7-25-19(24-2)27-10-15-6-8-28(12-15)13-20(21,22)23;/h3-4,9,11,15,26H,5-8,10,12-13H2,1-2H3,(H2,24,25,27);1H. The van der Waals surface area contributed by atoms with E-state index in [-0.39, 0.29) is 29.9 Å². The van der Waals surface area contributed by atoms with Crippen molar-refractivity contribution >= 4 is 40.8 Å². The molecule has 3 N–H and O–H groups in total. The molecule has 0 spiro atoms. The molecular weight excluding hydrogens is 494 g/mol. The van der Waals surface area contributed by atoms with Crippen LogP contribution in [0.2, 0.25) is 0 Å². The Hall–Kier alpha value is -1.49. The minimum Gasteiger partial charge on any atom is -0.361 e. The van der Waals surface area contributed by atoms with Crippen LogP contribution >= 0.6 is 24.0 Å². The fraction of sp³-hybridized carbons (Fsp3) is 0.550. The number of likely N-dealkylation sites (tertiary alicyclic amines) is 1. The summed E-state index contributed by atoms with van der Waals surface area (Å²) in [6.07, 6.45) is -0.460. The van der Waals surface area contributed by atoms with Crippen molar-refractivity contribution in [2.75, 3.05) is 39.8 Å². The van der Waals surface area contributed by atoms with Crippen molar-refractivity contribution in [1.82, 2.24) is 20.5 Å². The predicted octanol–water partition coefficient (Wildman–Crippen LogP) is 3.69. The Morgan fingerprint density at radius 2 is 2.10 bits per heavy atom. The van der Waals surface area contributed by atoms with Gasteiger partial charge in [0.15, 0.2) is 5.96 Å².